The molecule has 0 aliphatic rings. The first-order chi connectivity index (χ1) is 10.2. The zero-order chi connectivity index (χ0) is 15.1. The number of nitrogens with two attached hydrogens (primary N) is 1. The van der Waals surface area contributed by atoms with E-state index in [-0.39, 0.29) is 17.4 Å². The molecule has 0 atom stereocenters. The second-order valence-corrected chi connectivity index (χ2v) is 5.16. The minimum absolute atomic E-state index is 0.00524. The van der Waals surface area contributed by atoms with E-state index in [1.165, 1.54) is 10.5 Å². The van der Waals surface area contributed by atoms with Crippen LogP contribution < -0.4 is 16.4 Å². The highest BCUT2D eigenvalue weighted by Crippen LogP contribution is 2.14. The molecule has 0 saturated carbocycles. The molecule has 0 unspecified atom stereocenters. The van der Waals surface area contributed by atoms with Crippen LogP contribution in [0.3, 0.4) is 0 Å². The average molecular weight is 307 g/mol. The predicted octanol–water partition coefficient (Wildman–Crippen LogP) is 0.893. The zero-order valence-electron chi connectivity index (χ0n) is 11.6. The molecule has 1 aromatic heterocycles. The number of nitrogens with zero attached hydrogens (tertiary/aromatic N) is 2. The first-order valence-electron chi connectivity index (χ1n) is 6.40. The van der Waals surface area contributed by atoms with Crippen LogP contribution >= 0.6 is 11.8 Å². The highest BCUT2D eigenvalue weighted by Gasteiger charge is 2.14. The van der Waals surface area contributed by atoms with Gasteiger partial charge in [0.1, 0.15) is 0 Å². The van der Waals surface area contributed by atoms with Crippen molar-refractivity contribution in [3.05, 3.63) is 35.5 Å². The number of hydrogen-bond acceptors (Lipinski definition) is 7. The van der Waals surface area contributed by atoms with Crippen LogP contribution in [0.4, 0.5) is 5.82 Å². The Morgan fingerprint density at radius 1 is 1.29 bits per heavy atom. The summed E-state index contributed by atoms with van der Waals surface area (Å²) in [6.07, 6.45) is 2.05. The van der Waals surface area contributed by atoms with E-state index in [4.69, 9.17) is 5.73 Å². The number of hydrogen-bond donors (Lipinski definition) is 3. The third kappa shape index (κ3) is 4.47. The Labute approximate surface area is 126 Å². The molecule has 1 heterocycles. The fraction of sp³-hybridized carbons (Fsp3) is 0.308. The van der Waals surface area contributed by atoms with E-state index in [9.17, 15) is 4.79 Å². The highest BCUT2D eigenvalue weighted by molar-refractivity contribution is 7.98. The first-order valence-corrected chi connectivity index (χ1v) is 7.63. The molecule has 0 fully saturated rings. The molecule has 0 spiro atoms. The van der Waals surface area contributed by atoms with Gasteiger partial charge in [0.2, 0.25) is 11.5 Å². The number of aromatic nitrogens is 2. The Morgan fingerprint density at radius 2 is 2.05 bits per heavy atom. The number of amides is 1. The second-order valence-electron chi connectivity index (χ2n) is 4.28. The Bertz CT molecular complexity index is 585. The molecule has 0 radical (unpaired) electrons. The number of nitrogen functional groups attached to an aromatic ring is 1. The summed E-state index contributed by atoms with van der Waals surface area (Å²) in [5, 5.41) is 12.7. The van der Waals surface area contributed by atoms with Gasteiger partial charge in [0.25, 0.3) is 5.91 Å². The van der Waals surface area contributed by atoms with Crippen molar-refractivity contribution < 1.29 is 9.42 Å². The number of anilines is 1. The van der Waals surface area contributed by atoms with Crippen LogP contribution in [0.25, 0.3) is 0 Å². The quantitative estimate of drug-likeness (QED) is 0.515. The summed E-state index contributed by atoms with van der Waals surface area (Å²) in [5.41, 5.74) is 6.64. The average Bonchev–Trinajstić information content (AvgIpc) is 2.93. The molecule has 0 aliphatic heterocycles. The number of thioether (sulfide) groups is 1. The number of carbonyl (C=O) groups excluding carboxylic acids is 1. The summed E-state index contributed by atoms with van der Waals surface area (Å²) >= 11 is 1.72. The van der Waals surface area contributed by atoms with Crippen LogP contribution in [-0.4, -0.2) is 35.6 Å². The summed E-state index contributed by atoms with van der Waals surface area (Å²) in [4.78, 5) is 12.9. The van der Waals surface area contributed by atoms with E-state index >= 15 is 0 Å². The number of carbonyl (C=O) groups is 1. The third-order valence-electron chi connectivity index (χ3n) is 2.80. The zero-order valence-corrected chi connectivity index (χ0v) is 12.4. The van der Waals surface area contributed by atoms with Gasteiger partial charge in [-0.15, -0.1) is 11.8 Å². The molecule has 21 heavy (non-hydrogen) atoms. The fourth-order valence-corrected chi connectivity index (χ4v) is 2.09. The normalized spacial score (nSPS) is 10.5. The van der Waals surface area contributed by atoms with Gasteiger partial charge in [-0.3, -0.25) is 4.79 Å². The fourth-order valence-electron chi connectivity index (χ4n) is 1.68. The van der Waals surface area contributed by atoms with Crippen molar-refractivity contribution in [2.45, 2.75) is 11.4 Å². The monoisotopic (exact) mass is 307 g/mol. The lowest BCUT2D eigenvalue weighted by molar-refractivity contribution is 0.0944. The van der Waals surface area contributed by atoms with Gasteiger partial charge in [0.15, 0.2) is 0 Å². The standard InChI is InChI=1S/C13H17N5O2S/c1-21-10-4-2-9(3-5-10)8-15-6-7-16-13(19)11-12(14)18-20-17-11/h2-5,15H,6-8H2,1H3,(H2,14,18)(H,16,19). The van der Waals surface area contributed by atoms with Gasteiger partial charge in [-0.25, -0.2) is 4.63 Å². The van der Waals surface area contributed by atoms with E-state index in [1.807, 2.05) is 6.26 Å². The van der Waals surface area contributed by atoms with Crippen molar-refractivity contribution in [2.75, 3.05) is 25.1 Å². The van der Waals surface area contributed by atoms with E-state index in [2.05, 4.69) is 49.8 Å². The number of rotatable bonds is 7. The van der Waals surface area contributed by atoms with Crippen LogP contribution in [0, 0.1) is 0 Å². The Morgan fingerprint density at radius 3 is 2.67 bits per heavy atom. The van der Waals surface area contributed by atoms with E-state index < -0.39 is 0 Å². The molecule has 1 aromatic carbocycles. The molecule has 8 heteroatoms. The topological polar surface area (TPSA) is 106 Å². The maximum Gasteiger partial charge on any atom is 0.277 e. The van der Waals surface area contributed by atoms with Crippen LogP contribution in [-0.2, 0) is 6.54 Å². The van der Waals surface area contributed by atoms with Crippen molar-refractivity contribution in [2.24, 2.45) is 0 Å². The lowest BCUT2D eigenvalue weighted by atomic mass is 10.2. The Balaban J connectivity index is 1.65. The molecular weight excluding hydrogens is 290 g/mol. The summed E-state index contributed by atoms with van der Waals surface area (Å²) < 4.78 is 4.37. The van der Waals surface area contributed by atoms with Crippen LogP contribution in [0.2, 0.25) is 0 Å². The minimum Gasteiger partial charge on any atom is -0.379 e. The summed E-state index contributed by atoms with van der Waals surface area (Å²) in [5.74, 6) is -0.394. The number of nitrogens with one attached hydrogen (secondary N) is 2. The molecule has 4 N–H and O–H groups in total. The number of benzene rings is 1. The predicted molar refractivity (Wildman–Crippen MR) is 81.0 cm³/mol. The third-order valence-corrected chi connectivity index (χ3v) is 3.55. The van der Waals surface area contributed by atoms with E-state index in [0.29, 0.717) is 13.1 Å². The van der Waals surface area contributed by atoms with Crippen molar-refractivity contribution in [3.63, 3.8) is 0 Å². The SMILES string of the molecule is CSc1ccc(CNCCNC(=O)c2nonc2N)cc1. The maximum absolute atomic E-state index is 11.6. The van der Waals surface area contributed by atoms with Crippen LogP contribution in [0.5, 0.6) is 0 Å². The summed E-state index contributed by atoms with van der Waals surface area (Å²) in [6.45, 7) is 1.85. The van der Waals surface area contributed by atoms with Crippen LogP contribution in [0.15, 0.2) is 33.8 Å². The maximum atomic E-state index is 11.6. The van der Waals surface area contributed by atoms with Gasteiger partial charge in [0.05, 0.1) is 0 Å². The second kappa shape index (κ2) is 7.65. The van der Waals surface area contributed by atoms with Gasteiger partial charge in [-0.2, -0.15) is 0 Å². The molecule has 7 nitrogen and oxygen atoms in total. The molecule has 1 amide bonds. The van der Waals surface area contributed by atoms with Crippen LogP contribution in [0.1, 0.15) is 16.1 Å². The Kier molecular flexibility index (Phi) is 5.59. The van der Waals surface area contributed by atoms with Gasteiger partial charge in [-0.05, 0) is 34.3 Å². The minimum atomic E-state index is -0.389. The van der Waals surface area contributed by atoms with Gasteiger partial charge >= 0.3 is 0 Å². The van der Waals surface area contributed by atoms with Crippen molar-refractivity contribution in [1.82, 2.24) is 20.9 Å². The molecular formula is C13H17N5O2S. The molecule has 2 aromatic rings. The lowest BCUT2D eigenvalue weighted by Gasteiger charge is -2.06. The molecule has 112 valence electrons. The highest BCUT2D eigenvalue weighted by atomic mass is 32.2. The summed E-state index contributed by atoms with van der Waals surface area (Å²) in [6, 6.07) is 8.34. The molecule has 2 rings (SSSR count). The van der Waals surface area contributed by atoms with Crippen molar-refractivity contribution in [1.29, 1.82) is 0 Å². The first kappa shape index (κ1) is 15.3. The van der Waals surface area contributed by atoms with Crippen molar-refractivity contribution >= 4 is 23.5 Å². The Hall–Kier alpha value is -2.06. The van der Waals surface area contributed by atoms with Crippen molar-refractivity contribution in [3.8, 4) is 0 Å². The molecule has 0 aliphatic carbocycles. The largest absolute Gasteiger partial charge is 0.379 e. The van der Waals surface area contributed by atoms with Gasteiger partial charge in [-0.1, -0.05) is 12.1 Å². The van der Waals surface area contributed by atoms with E-state index in [0.717, 1.165) is 6.54 Å². The van der Waals surface area contributed by atoms with E-state index in [1.54, 1.807) is 11.8 Å². The molecule has 0 saturated heterocycles. The van der Waals surface area contributed by atoms with Gasteiger partial charge < -0.3 is 16.4 Å². The molecule has 0 bridgehead atoms. The summed E-state index contributed by atoms with van der Waals surface area (Å²) in [7, 11) is 0. The van der Waals surface area contributed by atoms with Gasteiger partial charge in [0, 0.05) is 24.5 Å². The smallest absolute Gasteiger partial charge is 0.277 e. The lowest BCUT2D eigenvalue weighted by Crippen LogP contribution is -2.32.